The second-order valence-electron chi connectivity index (χ2n) is 6.23. The van der Waals surface area contributed by atoms with Crippen molar-refractivity contribution in [3.8, 4) is 0 Å². The van der Waals surface area contributed by atoms with E-state index in [1.165, 1.54) is 20.8 Å². The van der Waals surface area contributed by atoms with Gasteiger partial charge in [0.25, 0.3) is 0 Å². The molecule has 2 aliphatic rings. The lowest BCUT2D eigenvalue weighted by Gasteiger charge is -2.35. The molecule has 23 heavy (non-hydrogen) atoms. The van der Waals surface area contributed by atoms with E-state index < -0.39 is 17.7 Å². The van der Waals surface area contributed by atoms with E-state index in [-0.39, 0.29) is 11.8 Å². The van der Waals surface area contributed by atoms with Gasteiger partial charge in [0.15, 0.2) is 11.8 Å². The summed E-state index contributed by atoms with van der Waals surface area (Å²) in [7, 11) is 0. The molecule has 2 heterocycles. The molecule has 0 saturated carbocycles. The highest BCUT2D eigenvalue weighted by Crippen LogP contribution is 2.53. The van der Waals surface area contributed by atoms with Gasteiger partial charge in [0.2, 0.25) is 11.8 Å². The van der Waals surface area contributed by atoms with Gasteiger partial charge in [0, 0.05) is 39.3 Å². The molecule has 122 valence electrons. The van der Waals surface area contributed by atoms with E-state index in [1.807, 2.05) is 25.1 Å². The number of carbonyl (C=O) groups is 3. The molecule has 1 aromatic rings. The molecule has 0 unspecified atom stereocenters. The van der Waals surface area contributed by atoms with Crippen LogP contribution in [0.5, 0.6) is 0 Å². The van der Waals surface area contributed by atoms with E-state index in [9.17, 15) is 14.4 Å². The third-order valence-corrected chi connectivity index (χ3v) is 4.62. The summed E-state index contributed by atoms with van der Waals surface area (Å²) in [5, 5.41) is 0. The van der Waals surface area contributed by atoms with Gasteiger partial charge in [0.1, 0.15) is 0 Å². The topological polar surface area (TPSA) is 66.9 Å². The van der Waals surface area contributed by atoms with Gasteiger partial charge in [-0.2, -0.15) is 0 Å². The van der Waals surface area contributed by atoms with Crippen LogP contribution in [0.25, 0.3) is 0 Å². The molecule has 6 heteroatoms. The first-order chi connectivity index (χ1) is 10.8. The Kier molecular flexibility index (Phi) is 3.43. The van der Waals surface area contributed by atoms with Crippen molar-refractivity contribution in [1.29, 1.82) is 0 Å². The number of carbonyl (C=O) groups excluding carboxylic acids is 3. The van der Waals surface area contributed by atoms with Crippen molar-refractivity contribution in [3.05, 3.63) is 29.3 Å². The number of amides is 2. The Morgan fingerprint density at radius 2 is 1.87 bits per heavy atom. The molecule has 0 aliphatic carbocycles. The Hall–Kier alpha value is -2.37. The Bertz CT molecular complexity index is 715. The van der Waals surface area contributed by atoms with Crippen LogP contribution < -0.4 is 4.90 Å². The largest absolute Gasteiger partial charge is 0.450 e. The number of esters is 1. The average Bonchev–Trinajstić information content (AvgIpc) is 2.90. The van der Waals surface area contributed by atoms with Crippen LogP contribution in [0.2, 0.25) is 0 Å². The molecule has 0 spiro atoms. The fourth-order valence-electron chi connectivity index (χ4n) is 3.83. The molecule has 1 aromatic carbocycles. The van der Waals surface area contributed by atoms with Crippen LogP contribution in [0.4, 0.5) is 5.69 Å². The maximum absolute atomic E-state index is 12.3. The Morgan fingerprint density at radius 3 is 2.43 bits per heavy atom. The van der Waals surface area contributed by atoms with Gasteiger partial charge in [-0.15, -0.1) is 0 Å². The van der Waals surface area contributed by atoms with Crippen LogP contribution in [0.3, 0.4) is 0 Å². The first-order valence-electron chi connectivity index (χ1n) is 7.65. The zero-order valence-electron chi connectivity index (χ0n) is 13.8. The number of anilines is 1. The van der Waals surface area contributed by atoms with E-state index in [0.29, 0.717) is 18.7 Å². The van der Waals surface area contributed by atoms with Gasteiger partial charge in [-0.1, -0.05) is 11.6 Å². The molecule has 6 nitrogen and oxygen atoms in total. The Balaban J connectivity index is 2.25. The van der Waals surface area contributed by atoms with E-state index in [1.54, 1.807) is 9.80 Å². The van der Waals surface area contributed by atoms with Crippen LogP contribution in [0.15, 0.2) is 18.2 Å². The molecule has 2 amide bonds. The van der Waals surface area contributed by atoms with Crippen molar-refractivity contribution in [2.24, 2.45) is 0 Å². The van der Waals surface area contributed by atoms with Gasteiger partial charge < -0.3 is 9.64 Å². The minimum absolute atomic E-state index is 0.139. The summed E-state index contributed by atoms with van der Waals surface area (Å²) in [6.07, 6.45) is -0.130. The van der Waals surface area contributed by atoms with Crippen LogP contribution in [0, 0.1) is 6.92 Å². The zero-order chi connectivity index (χ0) is 16.9. The minimum atomic E-state index is -0.982. The fourth-order valence-corrected chi connectivity index (χ4v) is 3.83. The van der Waals surface area contributed by atoms with Gasteiger partial charge in [0.05, 0.1) is 5.69 Å². The summed E-state index contributed by atoms with van der Waals surface area (Å²) in [6.45, 7) is 6.68. The van der Waals surface area contributed by atoms with Crippen molar-refractivity contribution >= 4 is 23.5 Å². The first kappa shape index (κ1) is 15.5. The number of nitrogens with zero attached hydrogens (tertiary/aromatic N) is 2. The van der Waals surface area contributed by atoms with Gasteiger partial charge in [-0.05, 0) is 19.1 Å². The molecule has 2 atom stereocenters. The van der Waals surface area contributed by atoms with Crippen LogP contribution in [0.1, 0.15) is 38.3 Å². The predicted molar refractivity (Wildman–Crippen MR) is 83.6 cm³/mol. The van der Waals surface area contributed by atoms with E-state index in [2.05, 4.69) is 0 Å². The molecular formula is C17H20N2O4. The standard InChI is InChI=1S/C17H20N2O4/c1-10-5-6-15-14(9-10)17(23-13(4)22)7-8-18(11(2)20)16(17)19(15)12(3)21/h5-6,9,16H,7-8H2,1-4H3/t16-,17-/m1/s1. The smallest absolute Gasteiger partial charge is 0.303 e. The van der Waals surface area contributed by atoms with Crippen molar-refractivity contribution in [1.82, 2.24) is 4.90 Å². The predicted octanol–water partition coefficient (Wildman–Crippen LogP) is 1.70. The Labute approximate surface area is 135 Å². The Morgan fingerprint density at radius 1 is 1.17 bits per heavy atom. The monoisotopic (exact) mass is 316 g/mol. The van der Waals surface area contributed by atoms with Crippen LogP contribution >= 0.6 is 0 Å². The van der Waals surface area contributed by atoms with Gasteiger partial charge >= 0.3 is 5.97 Å². The molecule has 0 aromatic heterocycles. The van der Waals surface area contributed by atoms with E-state index in [0.717, 1.165) is 11.1 Å². The first-order valence-corrected chi connectivity index (χ1v) is 7.65. The van der Waals surface area contributed by atoms with Gasteiger partial charge in [-0.25, -0.2) is 0 Å². The molecule has 0 bridgehead atoms. The molecule has 0 N–H and O–H groups in total. The molecule has 1 fully saturated rings. The quantitative estimate of drug-likeness (QED) is 0.740. The second-order valence-corrected chi connectivity index (χ2v) is 6.23. The summed E-state index contributed by atoms with van der Waals surface area (Å²) in [5.74, 6) is -0.736. The van der Waals surface area contributed by atoms with Gasteiger partial charge in [-0.3, -0.25) is 19.3 Å². The highest BCUT2D eigenvalue weighted by Gasteiger charge is 2.61. The number of hydrogen-bond acceptors (Lipinski definition) is 4. The maximum atomic E-state index is 12.3. The highest BCUT2D eigenvalue weighted by atomic mass is 16.6. The maximum Gasteiger partial charge on any atom is 0.303 e. The van der Waals surface area contributed by atoms with Crippen molar-refractivity contribution < 1.29 is 19.1 Å². The minimum Gasteiger partial charge on any atom is -0.450 e. The summed E-state index contributed by atoms with van der Waals surface area (Å²) in [6, 6.07) is 5.71. The lowest BCUT2D eigenvalue weighted by atomic mass is 9.91. The number of benzene rings is 1. The third kappa shape index (κ3) is 2.12. The SMILES string of the molecule is CC(=O)O[C@@]12CCN(C(C)=O)[C@@H]1N(C(C)=O)c1ccc(C)cc12. The lowest BCUT2D eigenvalue weighted by Crippen LogP contribution is -2.54. The third-order valence-electron chi connectivity index (χ3n) is 4.62. The van der Waals surface area contributed by atoms with Crippen molar-refractivity contribution in [2.45, 2.75) is 45.9 Å². The van der Waals surface area contributed by atoms with E-state index >= 15 is 0 Å². The molecule has 0 radical (unpaired) electrons. The molecular weight excluding hydrogens is 296 g/mol. The van der Waals surface area contributed by atoms with Crippen LogP contribution in [-0.2, 0) is 24.7 Å². The molecule has 2 aliphatic heterocycles. The summed E-state index contributed by atoms with van der Waals surface area (Å²) in [4.78, 5) is 39.3. The molecule has 1 saturated heterocycles. The zero-order valence-corrected chi connectivity index (χ0v) is 13.8. The van der Waals surface area contributed by atoms with Crippen LogP contribution in [-0.4, -0.2) is 35.4 Å². The number of hydrogen-bond donors (Lipinski definition) is 0. The van der Waals surface area contributed by atoms with Crippen molar-refractivity contribution in [3.63, 3.8) is 0 Å². The second kappa shape index (κ2) is 5.08. The normalized spacial score (nSPS) is 25.1. The highest BCUT2D eigenvalue weighted by molar-refractivity contribution is 5.97. The number of ether oxygens (including phenoxy) is 1. The van der Waals surface area contributed by atoms with E-state index in [4.69, 9.17) is 4.74 Å². The number of aryl methyl sites for hydroxylation is 1. The average molecular weight is 316 g/mol. The number of rotatable bonds is 1. The lowest BCUT2D eigenvalue weighted by molar-refractivity contribution is -0.162. The molecule has 3 rings (SSSR count). The summed E-state index contributed by atoms with van der Waals surface area (Å²) in [5.41, 5.74) is 1.54. The summed E-state index contributed by atoms with van der Waals surface area (Å²) >= 11 is 0. The summed E-state index contributed by atoms with van der Waals surface area (Å²) < 4.78 is 5.74. The number of fused-ring (bicyclic) bond motifs is 3. The fraction of sp³-hybridized carbons (Fsp3) is 0.471. The van der Waals surface area contributed by atoms with Crippen molar-refractivity contribution in [2.75, 3.05) is 11.4 Å². The number of likely N-dealkylation sites (tertiary alicyclic amines) is 1.